The molecule has 0 aromatic carbocycles. The third-order valence-electron chi connectivity index (χ3n) is 1.72. The van der Waals surface area contributed by atoms with Crippen LogP contribution in [-0.4, -0.2) is 5.38 Å². The minimum atomic E-state index is 0.305. The van der Waals surface area contributed by atoms with E-state index in [1.807, 2.05) is 0 Å². The fraction of sp³-hybridized carbons (Fsp3) is 1.00. The van der Waals surface area contributed by atoms with Crippen molar-refractivity contribution in [2.45, 2.75) is 46.4 Å². The normalized spacial score (nSPS) is 18.6. The maximum atomic E-state index is 5.93. The fourth-order valence-electron chi connectivity index (χ4n) is 1.13. The molecule has 0 bridgehead atoms. The minimum absolute atomic E-state index is 0.305. The molecule has 0 saturated carbocycles. The molecular weight excluding hydrogens is 144 g/mol. The summed E-state index contributed by atoms with van der Waals surface area (Å²) in [4.78, 5) is 0. The van der Waals surface area contributed by atoms with Crippen LogP contribution in [0.1, 0.15) is 41.0 Å². The van der Waals surface area contributed by atoms with Gasteiger partial charge in [-0.3, -0.25) is 0 Å². The van der Waals surface area contributed by atoms with E-state index in [1.165, 1.54) is 6.42 Å². The van der Waals surface area contributed by atoms with Crippen molar-refractivity contribution in [3.63, 3.8) is 0 Å². The van der Waals surface area contributed by atoms with Crippen LogP contribution >= 0.6 is 11.6 Å². The first-order chi connectivity index (χ1) is 4.33. The predicted octanol–water partition coefficient (Wildman–Crippen LogP) is 3.69. The lowest BCUT2D eigenvalue weighted by Gasteiger charge is -2.24. The summed E-state index contributed by atoms with van der Waals surface area (Å²) in [7, 11) is 0. The Morgan fingerprint density at radius 3 is 1.70 bits per heavy atom. The number of hydrogen-bond donors (Lipinski definition) is 0. The molecule has 0 rings (SSSR count). The Balaban J connectivity index is 3.68. The van der Waals surface area contributed by atoms with Gasteiger partial charge in [-0.2, -0.15) is 0 Å². The molecule has 2 atom stereocenters. The van der Waals surface area contributed by atoms with Crippen molar-refractivity contribution in [2.75, 3.05) is 0 Å². The van der Waals surface area contributed by atoms with Crippen molar-refractivity contribution in [3.05, 3.63) is 0 Å². The van der Waals surface area contributed by atoms with E-state index in [1.54, 1.807) is 0 Å². The van der Waals surface area contributed by atoms with Gasteiger partial charge in [-0.05, 0) is 24.7 Å². The van der Waals surface area contributed by atoms with E-state index in [0.29, 0.717) is 16.7 Å². The molecule has 0 nitrogen and oxygen atoms in total. The van der Waals surface area contributed by atoms with Crippen LogP contribution < -0.4 is 0 Å². The standard InChI is InChI=1S/C9H19Cl/c1-7(8(2)10)6-9(3,4)5/h7-8H,6H2,1-5H3. The van der Waals surface area contributed by atoms with Crippen molar-refractivity contribution in [1.29, 1.82) is 0 Å². The van der Waals surface area contributed by atoms with Crippen LogP contribution in [0, 0.1) is 11.3 Å². The van der Waals surface area contributed by atoms with Gasteiger partial charge in [0, 0.05) is 5.38 Å². The van der Waals surface area contributed by atoms with E-state index in [2.05, 4.69) is 34.6 Å². The SMILES string of the molecule is CC(Cl)C(C)CC(C)(C)C. The van der Waals surface area contributed by atoms with Gasteiger partial charge in [-0.15, -0.1) is 11.6 Å². The second-order valence-corrected chi connectivity index (χ2v) is 5.11. The van der Waals surface area contributed by atoms with Crippen LogP contribution in [0.15, 0.2) is 0 Å². The summed E-state index contributed by atoms with van der Waals surface area (Å²) in [5.41, 5.74) is 0.419. The van der Waals surface area contributed by atoms with Gasteiger partial charge < -0.3 is 0 Å². The first-order valence-electron chi connectivity index (χ1n) is 3.97. The van der Waals surface area contributed by atoms with E-state index in [-0.39, 0.29) is 0 Å². The van der Waals surface area contributed by atoms with E-state index >= 15 is 0 Å². The smallest absolute Gasteiger partial charge is 0.0333 e. The van der Waals surface area contributed by atoms with Crippen molar-refractivity contribution in [1.82, 2.24) is 0 Å². The average Bonchev–Trinajstić information content (AvgIpc) is 1.60. The third kappa shape index (κ3) is 5.10. The van der Waals surface area contributed by atoms with Crippen LogP contribution in [0.3, 0.4) is 0 Å². The van der Waals surface area contributed by atoms with Crippen LogP contribution in [0.4, 0.5) is 0 Å². The zero-order chi connectivity index (χ0) is 8.36. The molecule has 10 heavy (non-hydrogen) atoms. The number of hydrogen-bond acceptors (Lipinski definition) is 0. The molecule has 0 aromatic rings. The van der Waals surface area contributed by atoms with Gasteiger partial charge in [0.2, 0.25) is 0 Å². The number of rotatable bonds is 2. The van der Waals surface area contributed by atoms with Gasteiger partial charge in [0.25, 0.3) is 0 Å². The third-order valence-corrected chi connectivity index (χ3v) is 2.15. The molecule has 0 aliphatic heterocycles. The maximum absolute atomic E-state index is 5.93. The Kier molecular flexibility index (Phi) is 3.72. The highest BCUT2D eigenvalue weighted by atomic mass is 35.5. The van der Waals surface area contributed by atoms with E-state index in [4.69, 9.17) is 11.6 Å². The van der Waals surface area contributed by atoms with Crippen LogP contribution in [-0.2, 0) is 0 Å². The summed E-state index contributed by atoms with van der Waals surface area (Å²) < 4.78 is 0. The molecule has 0 amide bonds. The van der Waals surface area contributed by atoms with E-state index in [0.717, 1.165) is 0 Å². The van der Waals surface area contributed by atoms with Gasteiger partial charge in [-0.25, -0.2) is 0 Å². The molecular formula is C9H19Cl. The highest BCUT2D eigenvalue weighted by molar-refractivity contribution is 6.20. The monoisotopic (exact) mass is 162 g/mol. The molecule has 2 unspecified atom stereocenters. The largest absolute Gasteiger partial charge is 0.123 e. The Morgan fingerprint density at radius 2 is 1.60 bits per heavy atom. The van der Waals surface area contributed by atoms with Gasteiger partial charge in [0.1, 0.15) is 0 Å². The fourth-order valence-corrected chi connectivity index (χ4v) is 1.22. The lowest BCUT2D eigenvalue weighted by Crippen LogP contribution is -2.16. The molecule has 0 aliphatic carbocycles. The summed E-state index contributed by atoms with van der Waals surface area (Å²) in [5.74, 6) is 0.627. The Bertz CT molecular complexity index is 89.4. The highest BCUT2D eigenvalue weighted by Gasteiger charge is 2.17. The minimum Gasteiger partial charge on any atom is -0.123 e. The van der Waals surface area contributed by atoms with Crippen LogP contribution in [0.5, 0.6) is 0 Å². The molecule has 0 radical (unpaired) electrons. The molecule has 0 saturated heterocycles. The summed E-state index contributed by atoms with van der Waals surface area (Å²) in [6.07, 6.45) is 1.21. The second-order valence-electron chi connectivity index (χ2n) is 4.42. The van der Waals surface area contributed by atoms with Crippen molar-refractivity contribution in [2.24, 2.45) is 11.3 Å². The first kappa shape index (κ1) is 10.3. The first-order valence-corrected chi connectivity index (χ1v) is 4.40. The van der Waals surface area contributed by atoms with E-state index in [9.17, 15) is 0 Å². The summed E-state index contributed by atoms with van der Waals surface area (Å²) in [5, 5.41) is 0.305. The number of alkyl halides is 1. The van der Waals surface area contributed by atoms with Crippen molar-refractivity contribution in [3.8, 4) is 0 Å². The molecule has 0 aromatic heterocycles. The van der Waals surface area contributed by atoms with E-state index < -0.39 is 0 Å². The lowest BCUT2D eigenvalue weighted by molar-refractivity contribution is 0.305. The van der Waals surface area contributed by atoms with Crippen molar-refractivity contribution >= 4 is 11.6 Å². The molecule has 0 spiro atoms. The quantitative estimate of drug-likeness (QED) is 0.544. The zero-order valence-electron chi connectivity index (χ0n) is 7.74. The highest BCUT2D eigenvalue weighted by Crippen LogP contribution is 2.27. The Hall–Kier alpha value is 0.290. The Morgan fingerprint density at radius 1 is 1.20 bits per heavy atom. The molecule has 1 heteroatoms. The number of halogens is 1. The molecule has 0 heterocycles. The average molecular weight is 163 g/mol. The van der Waals surface area contributed by atoms with Crippen LogP contribution in [0.25, 0.3) is 0 Å². The van der Waals surface area contributed by atoms with Crippen molar-refractivity contribution < 1.29 is 0 Å². The maximum Gasteiger partial charge on any atom is 0.0333 e. The summed E-state index contributed by atoms with van der Waals surface area (Å²) in [6.45, 7) is 11.0. The van der Waals surface area contributed by atoms with Crippen LogP contribution in [0.2, 0.25) is 0 Å². The molecule has 0 aliphatic rings. The molecule has 62 valence electrons. The molecule has 0 fully saturated rings. The van der Waals surface area contributed by atoms with Gasteiger partial charge in [0.15, 0.2) is 0 Å². The predicted molar refractivity (Wildman–Crippen MR) is 48.6 cm³/mol. The Labute approximate surface area is 70.0 Å². The topological polar surface area (TPSA) is 0 Å². The summed E-state index contributed by atoms with van der Waals surface area (Å²) in [6, 6.07) is 0. The summed E-state index contributed by atoms with van der Waals surface area (Å²) >= 11 is 5.93. The van der Waals surface area contributed by atoms with Gasteiger partial charge in [-0.1, -0.05) is 27.7 Å². The molecule has 0 N–H and O–H groups in total. The van der Waals surface area contributed by atoms with Gasteiger partial charge >= 0.3 is 0 Å². The lowest BCUT2D eigenvalue weighted by atomic mass is 9.84. The zero-order valence-corrected chi connectivity index (χ0v) is 8.50. The second kappa shape index (κ2) is 3.61. The van der Waals surface area contributed by atoms with Gasteiger partial charge in [0.05, 0.1) is 0 Å².